The molecule has 32 heavy (non-hydrogen) atoms. The van der Waals surface area contributed by atoms with E-state index in [1.54, 1.807) is 31.3 Å². The van der Waals surface area contributed by atoms with Crippen LogP contribution in [0.4, 0.5) is 5.69 Å². The maximum absolute atomic E-state index is 12.7. The van der Waals surface area contributed by atoms with E-state index in [4.69, 9.17) is 39.1 Å². The number of carbonyl (C=O) groups excluding carboxylic acids is 1. The number of nitrogens with zero attached hydrogens (tertiary/aromatic N) is 2. The Kier molecular flexibility index (Phi) is 7.36. The number of carboxylic acids is 1. The van der Waals surface area contributed by atoms with Crippen LogP contribution in [0, 0.1) is 12.3 Å². The number of aromatic carboxylic acids is 1. The van der Waals surface area contributed by atoms with Crippen LogP contribution in [0.15, 0.2) is 40.2 Å². The van der Waals surface area contributed by atoms with Crippen LogP contribution < -0.4 is 9.47 Å². The zero-order valence-electron chi connectivity index (χ0n) is 16.9. The van der Waals surface area contributed by atoms with Gasteiger partial charge in [-0.2, -0.15) is 0 Å². The van der Waals surface area contributed by atoms with Crippen LogP contribution in [-0.4, -0.2) is 47.8 Å². The van der Waals surface area contributed by atoms with Gasteiger partial charge in [0.15, 0.2) is 16.7 Å². The smallest absolute Gasteiger partial charge is 0.337 e. The molecule has 0 aliphatic carbocycles. The summed E-state index contributed by atoms with van der Waals surface area (Å²) in [6.07, 6.45) is 6.87. The van der Waals surface area contributed by atoms with Gasteiger partial charge in [0.05, 0.1) is 33.3 Å². The molecule has 164 valence electrons. The first-order valence-corrected chi connectivity index (χ1v) is 10.5. The van der Waals surface area contributed by atoms with Crippen molar-refractivity contribution in [3.8, 4) is 23.8 Å². The molecule has 1 amide bonds. The van der Waals surface area contributed by atoms with Crippen LogP contribution >= 0.6 is 35.0 Å². The highest BCUT2D eigenvalue weighted by Gasteiger charge is 2.30. The average Bonchev–Trinajstić information content (AvgIpc) is 3.01. The minimum atomic E-state index is -1.17. The van der Waals surface area contributed by atoms with Crippen LogP contribution in [-0.2, 0) is 4.79 Å². The normalized spacial score (nSPS) is 15.8. The molecular formula is C22H16Cl2N2O5S. The molecule has 0 saturated carbocycles. The van der Waals surface area contributed by atoms with Crippen molar-refractivity contribution in [3.63, 3.8) is 0 Å². The molecule has 1 aliphatic heterocycles. The van der Waals surface area contributed by atoms with E-state index in [1.807, 2.05) is 0 Å². The second-order valence-electron chi connectivity index (χ2n) is 6.37. The number of rotatable bonds is 6. The van der Waals surface area contributed by atoms with Crippen LogP contribution in [0.5, 0.6) is 11.5 Å². The van der Waals surface area contributed by atoms with E-state index in [2.05, 4.69) is 10.9 Å². The number of terminal acetylenes is 1. The van der Waals surface area contributed by atoms with Crippen molar-refractivity contribution in [2.24, 2.45) is 4.99 Å². The molecule has 0 atom stereocenters. The van der Waals surface area contributed by atoms with Crippen molar-refractivity contribution in [2.45, 2.75) is 0 Å². The third-order valence-electron chi connectivity index (χ3n) is 4.26. The van der Waals surface area contributed by atoms with E-state index in [-0.39, 0.29) is 28.1 Å². The molecular weight excluding hydrogens is 475 g/mol. The second kappa shape index (κ2) is 10.0. The number of hydrogen-bond acceptors (Lipinski definition) is 6. The first-order valence-electron chi connectivity index (χ1n) is 8.98. The van der Waals surface area contributed by atoms with Crippen LogP contribution in [0.1, 0.15) is 15.9 Å². The Morgan fingerprint density at radius 1 is 1.31 bits per heavy atom. The van der Waals surface area contributed by atoms with Crippen LogP contribution in [0.2, 0.25) is 10.0 Å². The van der Waals surface area contributed by atoms with E-state index in [0.29, 0.717) is 32.8 Å². The zero-order valence-corrected chi connectivity index (χ0v) is 19.2. The number of benzene rings is 2. The van der Waals surface area contributed by atoms with E-state index in [9.17, 15) is 14.7 Å². The van der Waals surface area contributed by atoms with Gasteiger partial charge in [-0.1, -0.05) is 29.1 Å². The molecule has 0 bridgehead atoms. The first-order chi connectivity index (χ1) is 15.2. The first kappa shape index (κ1) is 23.5. The Labute approximate surface area is 198 Å². The largest absolute Gasteiger partial charge is 0.493 e. The fraction of sp³-hybridized carbons (Fsp3) is 0.136. The number of halogens is 2. The summed E-state index contributed by atoms with van der Waals surface area (Å²) in [5.74, 6) is 1.61. The molecule has 2 aromatic carbocycles. The van der Waals surface area contributed by atoms with Crippen LogP contribution in [0.25, 0.3) is 6.08 Å². The highest BCUT2D eigenvalue weighted by atomic mass is 35.5. The molecule has 0 spiro atoms. The fourth-order valence-electron chi connectivity index (χ4n) is 2.74. The van der Waals surface area contributed by atoms with Crippen molar-refractivity contribution in [2.75, 3.05) is 20.8 Å². The van der Waals surface area contributed by atoms with Gasteiger partial charge < -0.3 is 14.6 Å². The summed E-state index contributed by atoms with van der Waals surface area (Å²) >= 11 is 13.3. The van der Waals surface area contributed by atoms with Gasteiger partial charge in [-0.15, -0.1) is 6.42 Å². The lowest BCUT2D eigenvalue weighted by molar-refractivity contribution is -0.121. The fourth-order valence-corrected chi connectivity index (χ4v) is 4.20. The van der Waals surface area contributed by atoms with Gasteiger partial charge in [-0.05, 0) is 53.7 Å². The highest BCUT2D eigenvalue weighted by molar-refractivity contribution is 8.18. The third kappa shape index (κ3) is 5.02. The van der Waals surface area contributed by atoms with Gasteiger partial charge in [0.25, 0.3) is 5.91 Å². The van der Waals surface area contributed by atoms with E-state index < -0.39 is 5.97 Å². The molecule has 2 aromatic rings. The maximum atomic E-state index is 12.7. The molecule has 1 heterocycles. The number of likely N-dealkylation sites (N-methyl/N-ethyl adjacent to an activating group) is 1. The van der Waals surface area contributed by atoms with Crippen molar-refractivity contribution in [1.82, 2.24) is 4.90 Å². The lowest BCUT2D eigenvalue weighted by atomic mass is 10.2. The number of methoxy groups -OCH3 is 1. The van der Waals surface area contributed by atoms with Crippen molar-refractivity contribution in [1.29, 1.82) is 0 Å². The Balaban J connectivity index is 1.93. The van der Waals surface area contributed by atoms with Crippen molar-refractivity contribution < 1.29 is 24.2 Å². The second-order valence-corrected chi connectivity index (χ2v) is 8.19. The van der Waals surface area contributed by atoms with E-state index in [1.165, 1.54) is 24.1 Å². The summed E-state index contributed by atoms with van der Waals surface area (Å²) in [6, 6.07) is 7.66. The van der Waals surface area contributed by atoms with Crippen molar-refractivity contribution >= 4 is 63.8 Å². The molecule has 0 unspecified atom stereocenters. The van der Waals surface area contributed by atoms with Gasteiger partial charge in [-0.3, -0.25) is 9.69 Å². The van der Waals surface area contributed by atoms with Gasteiger partial charge in [0, 0.05) is 7.05 Å². The standard InChI is InChI=1S/C22H16Cl2N2O5S/c1-4-7-31-19-16(24)8-12(9-17(19)30-3)10-18-20(27)26(2)22(32-18)25-13-5-6-15(23)14(11-13)21(28)29/h1,5-6,8-11H,7H2,2-3H3,(H,28,29). The van der Waals surface area contributed by atoms with Gasteiger partial charge >= 0.3 is 5.97 Å². The maximum Gasteiger partial charge on any atom is 0.337 e. The number of thioether (sulfide) groups is 1. The number of ether oxygens (including phenoxy) is 2. The summed E-state index contributed by atoms with van der Waals surface area (Å²) in [6.45, 7) is 0.0315. The summed E-state index contributed by atoms with van der Waals surface area (Å²) in [7, 11) is 3.05. The SMILES string of the molecule is C#CCOc1c(Cl)cc(C=C2SC(=Nc3ccc(Cl)c(C(=O)O)c3)N(C)C2=O)cc1OC. The molecule has 7 nitrogen and oxygen atoms in total. The highest BCUT2D eigenvalue weighted by Crippen LogP contribution is 2.39. The molecule has 1 N–H and O–H groups in total. The zero-order chi connectivity index (χ0) is 23.4. The van der Waals surface area contributed by atoms with E-state index >= 15 is 0 Å². The minimum absolute atomic E-state index is 0.0315. The monoisotopic (exact) mass is 490 g/mol. The summed E-state index contributed by atoms with van der Waals surface area (Å²) in [5.41, 5.74) is 0.898. The number of hydrogen-bond donors (Lipinski definition) is 1. The Morgan fingerprint density at radius 2 is 2.06 bits per heavy atom. The average molecular weight is 491 g/mol. The Bertz CT molecular complexity index is 1200. The predicted molar refractivity (Wildman–Crippen MR) is 126 cm³/mol. The minimum Gasteiger partial charge on any atom is -0.493 e. The molecule has 0 radical (unpaired) electrons. The number of amides is 1. The Morgan fingerprint density at radius 3 is 2.72 bits per heavy atom. The van der Waals surface area contributed by atoms with Crippen LogP contribution in [0.3, 0.4) is 0 Å². The lowest BCUT2D eigenvalue weighted by Gasteiger charge is -2.11. The van der Waals surface area contributed by atoms with Gasteiger partial charge in [0.2, 0.25) is 0 Å². The number of carboxylic acid groups (broad SMARTS) is 1. The number of amidine groups is 1. The number of aliphatic imine (C=N–C) groups is 1. The predicted octanol–water partition coefficient (Wildman–Crippen LogP) is 4.95. The molecule has 1 saturated heterocycles. The lowest BCUT2D eigenvalue weighted by Crippen LogP contribution is -2.23. The molecule has 0 aromatic heterocycles. The van der Waals surface area contributed by atoms with Gasteiger partial charge in [-0.25, -0.2) is 9.79 Å². The molecule has 3 rings (SSSR count). The summed E-state index contributed by atoms with van der Waals surface area (Å²) in [4.78, 5) is 30.2. The topological polar surface area (TPSA) is 88.4 Å². The molecule has 10 heteroatoms. The Hall–Kier alpha value is -3.12. The van der Waals surface area contributed by atoms with Crippen molar-refractivity contribution in [3.05, 3.63) is 56.4 Å². The van der Waals surface area contributed by atoms with Gasteiger partial charge in [0.1, 0.15) is 6.61 Å². The number of carbonyl (C=O) groups is 2. The molecule has 1 aliphatic rings. The summed E-state index contributed by atoms with van der Waals surface area (Å²) < 4.78 is 10.7. The van der Waals surface area contributed by atoms with E-state index in [0.717, 1.165) is 11.8 Å². The third-order valence-corrected chi connectivity index (χ3v) is 5.93. The quantitative estimate of drug-likeness (QED) is 0.455. The molecule has 1 fully saturated rings. The summed E-state index contributed by atoms with van der Waals surface area (Å²) in [5, 5.41) is 10.0.